The van der Waals surface area contributed by atoms with E-state index in [1.165, 1.54) is 5.56 Å². The van der Waals surface area contributed by atoms with Gasteiger partial charge in [-0.05, 0) is 41.5 Å². The molecule has 1 aromatic heterocycles. The molecular formula is C16H30N4O2. The minimum Gasteiger partial charge on any atom is -0.444 e. The van der Waals surface area contributed by atoms with Crippen LogP contribution in [0.5, 0.6) is 0 Å². The summed E-state index contributed by atoms with van der Waals surface area (Å²) in [5.41, 5.74) is 1.86. The lowest BCUT2D eigenvalue weighted by Gasteiger charge is -2.30. The molecule has 126 valence electrons. The number of aryl methyl sites for hydroxylation is 1. The predicted molar refractivity (Wildman–Crippen MR) is 87.7 cm³/mol. The van der Waals surface area contributed by atoms with Gasteiger partial charge < -0.3 is 15.0 Å². The number of carbonyl (C=O) groups is 1. The minimum absolute atomic E-state index is 0.108. The topological polar surface area (TPSA) is 59.4 Å². The quantitative estimate of drug-likeness (QED) is 0.820. The Balaban J connectivity index is 2.45. The highest BCUT2D eigenvalue weighted by molar-refractivity contribution is 5.68. The average Bonchev–Trinajstić information content (AvgIpc) is 2.67. The maximum Gasteiger partial charge on any atom is 0.410 e. The lowest BCUT2D eigenvalue weighted by atomic mass is 10.2. The van der Waals surface area contributed by atoms with E-state index in [2.05, 4.69) is 10.4 Å². The molecule has 0 radical (unpaired) electrons. The number of rotatable bonds is 6. The molecule has 0 bridgehead atoms. The van der Waals surface area contributed by atoms with Gasteiger partial charge in [-0.25, -0.2) is 4.79 Å². The zero-order valence-corrected chi connectivity index (χ0v) is 14.9. The number of nitrogens with zero attached hydrogens (tertiary/aromatic N) is 3. The predicted octanol–water partition coefficient (Wildman–Crippen LogP) is 2.46. The van der Waals surface area contributed by atoms with Crippen LogP contribution in [-0.4, -0.2) is 45.5 Å². The molecule has 6 nitrogen and oxygen atoms in total. The van der Waals surface area contributed by atoms with Crippen molar-refractivity contribution < 1.29 is 9.53 Å². The lowest BCUT2D eigenvalue weighted by Crippen LogP contribution is -2.44. The number of amides is 1. The first-order valence-corrected chi connectivity index (χ1v) is 7.79. The van der Waals surface area contributed by atoms with Crippen molar-refractivity contribution in [2.24, 2.45) is 7.05 Å². The summed E-state index contributed by atoms with van der Waals surface area (Å²) >= 11 is 0. The number of ether oxygens (including phenoxy) is 1. The van der Waals surface area contributed by atoms with E-state index in [0.717, 1.165) is 12.2 Å². The van der Waals surface area contributed by atoms with Crippen LogP contribution >= 0.6 is 0 Å². The van der Waals surface area contributed by atoms with Crippen molar-refractivity contribution in [2.45, 2.75) is 59.7 Å². The molecular weight excluding hydrogens is 280 g/mol. The Morgan fingerprint density at radius 1 is 1.45 bits per heavy atom. The smallest absolute Gasteiger partial charge is 0.410 e. The molecule has 1 amide bonds. The number of carbonyl (C=O) groups excluding carboxylic acids is 1. The summed E-state index contributed by atoms with van der Waals surface area (Å²) in [6.45, 7) is 13.8. The second-order valence-corrected chi connectivity index (χ2v) is 6.82. The van der Waals surface area contributed by atoms with Crippen molar-refractivity contribution >= 4 is 6.09 Å². The molecule has 0 fully saturated rings. The van der Waals surface area contributed by atoms with Crippen molar-refractivity contribution in [1.82, 2.24) is 20.0 Å². The van der Waals surface area contributed by atoms with Crippen LogP contribution in [0.3, 0.4) is 0 Å². The number of nitrogens with one attached hydrogen (secondary N) is 1. The summed E-state index contributed by atoms with van der Waals surface area (Å²) in [4.78, 5) is 13.9. The first-order chi connectivity index (χ1) is 10.1. The van der Waals surface area contributed by atoms with Gasteiger partial charge in [-0.2, -0.15) is 5.10 Å². The number of hydrogen-bond donors (Lipinski definition) is 1. The Bertz CT molecular complexity index is 489. The molecule has 0 aliphatic heterocycles. The summed E-state index contributed by atoms with van der Waals surface area (Å²) < 4.78 is 7.30. The van der Waals surface area contributed by atoms with Gasteiger partial charge in [-0.3, -0.25) is 4.68 Å². The van der Waals surface area contributed by atoms with Gasteiger partial charge in [0, 0.05) is 44.0 Å². The Kier molecular flexibility index (Phi) is 6.41. The van der Waals surface area contributed by atoms with E-state index in [0.29, 0.717) is 13.1 Å². The molecule has 0 saturated heterocycles. The van der Waals surface area contributed by atoms with Gasteiger partial charge in [-0.1, -0.05) is 0 Å². The molecule has 0 aliphatic carbocycles. The van der Waals surface area contributed by atoms with Gasteiger partial charge in [-0.15, -0.1) is 0 Å². The van der Waals surface area contributed by atoms with E-state index < -0.39 is 5.60 Å². The Morgan fingerprint density at radius 3 is 2.55 bits per heavy atom. The van der Waals surface area contributed by atoms with Crippen molar-refractivity contribution in [2.75, 3.05) is 13.1 Å². The van der Waals surface area contributed by atoms with Gasteiger partial charge in [0.25, 0.3) is 0 Å². The maximum atomic E-state index is 12.2. The molecule has 1 rings (SSSR count). The minimum atomic E-state index is -0.468. The molecule has 1 heterocycles. The third kappa shape index (κ3) is 5.67. The summed E-state index contributed by atoms with van der Waals surface area (Å²) in [5.74, 6) is 0. The zero-order valence-electron chi connectivity index (χ0n) is 14.9. The standard InChI is InChI=1S/C16H30N4O2/c1-12(2)20(15(21)22-16(4,5)6)9-8-17-10-14-11-18-19(7)13(14)3/h11-12,17H,8-10H2,1-7H3. The first-order valence-electron chi connectivity index (χ1n) is 7.79. The fraction of sp³-hybridized carbons (Fsp3) is 0.750. The zero-order chi connectivity index (χ0) is 16.9. The van der Waals surface area contributed by atoms with Gasteiger partial charge in [0.1, 0.15) is 5.60 Å². The molecule has 0 atom stereocenters. The molecule has 1 N–H and O–H groups in total. The van der Waals surface area contributed by atoms with Gasteiger partial charge in [0.2, 0.25) is 0 Å². The van der Waals surface area contributed by atoms with Crippen LogP contribution in [0.4, 0.5) is 4.79 Å². The monoisotopic (exact) mass is 310 g/mol. The summed E-state index contributed by atoms with van der Waals surface area (Å²) in [5, 5.41) is 7.58. The van der Waals surface area contributed by atoms with E-state index >= 15 is 0 Å². The average molecular weight is 310 g/mol. The lowest BCUT2D eigenvalue weighted by molar-refractivity contribution is 0.0193. The van der Waals surface area contributed by atoms with E-state index in [4.69, 9.17) is 4.74 Å². The SMILES string of the molecule is Cc1c(CNCCN(C(=O)OC(C)(C)C)C(C)C)cnn1C. The number of aromatic nitrogens is 2. The van der Waals surface area contributed by atoms with Crippen LogP contribution in [-0.2, 0) is 18.3 Å². The first kappa shape index (κ1) is 18.5. The molecule has 6 heteroatoms. The summed E-state index contributed by atoms with van der Waals surface area (Å²) in [6.07, 6.45) is 1.61. The van der Waals surface area contributed by atoms with Crippen LogP contribution in [0.25, 0.3) is 0 Å². The fourth-order valence-electron chi connectivity index (χ4n) is 2.02. The van der Waals surface area contributed by atoms with E-state index in [1.807, 2.05) is 59.5 Å². The van der Waals surface area contributed by atoms with Crippen molar-refractivity contribution in [3.63, 3.8) is 0 Å². The third-order valence-electron chi connectivity index (χ3n) is 3.43. The Hall–Kier alpha value is -1.56. The maximum absolute atomic E-state index is 12.2. The highest BCUT2D eigenvalue weighted by Gasteiger charge is 2.23. The second-order valence-electron chi connectivity index (χ2n) is 6.82. The fourth-order valence-corrected chi connectivity index (χ4v) is 2.02. The van der Waals surface area contributed by atoms with Crippen molar-refractivity contribution in [1.29, 1.82) is 0 Å². The normalized spacial score (nSPS) is 11.8. The van der Waals surface area contributed by atoms with Crippen molar-refractivity contribution in [3.8, 4) is 0 Å². The Morgan fingerprint density at radius 2 is 2.09 bits per heavy atom. The van der Waals surface area contributed by atoms with E-state index in [1.54, 1.807) is 4.90 Å². The van der Waals surface area contributed by atoms with Gasteiger partial charge in [0.05, 0.1) is 6.20 Å². The van der Waals surface area contributed by atoms with Gasteiger partial charge >= 0.3 is 6.09 Å². The molecule has 0 aliphatic rings. The van der Waals surface area contributed by atoms with Crippen LogP contribution in [0, 0.1) is 6.92 Å². The van der Waals surface area contributed by atoms with Crippen molar-refractivity contribution in [3.05, 3.63) is 17.5 Å². The van der Waals surface area contributed by atoms with Crippen LogP contribution in [0.2, 0.25) is 0 Å². The Labute approximate surface area is 133 Å². The molecule has 22 heavy (non-hydrogen) atoms. The van der Waals surface area contributed by atoms with Crippen LogP contribution in [0.1, 0.15) is 45.9 Å². The van der Waals surface area contributed by atoms with Crippen LogP contribution in [0.15, 0.2) is 6.20 Å². The third-order valence-corrected chi connectivity index (χ3v) is 3.43. The highest BCUT2D eigenvalue weighted by atomic mass is 16.6. The largest absolute Gasteiger partial charge is 0.444 e. The highest BCUT2D eigenvalue weighted by Crippen LogP contribution is 2.11. The molecule has 0 saturated carbocycles. The number of hydrogen-bond acceptors (Lipinski definition) is 4. The summed E-state index contributed by atoms with van der Waals surface area (Å²) in [6, 6.07) is 0.108. The molecule has 1 aromatic rings. The molecule has 0 unspecified atom stereocenters. The second kappa shape index (κ2) is 7.63. The molecule has 0 aromatic carbocycles. The molecule has 0 spiro atoms. The summed E-state index contributed by atoms with van der Waals surface area (Å²) in [7, 11) is 1.93. The van der Waals surface area contributed by atoms with E-state index in [-0.39, 0.29) is 12.1 Å². The van der Waals surface area contributed by atoms with Gasteiger partial charge in [0.15, 0.2) is 0 Å². The van der Waals surface area contributed by atoms with Crippen LogP contribution < -0.4 is 5.32 Å². The van der Waals surface area contributed by atoms with E-state index in [9.17, 15) is 4.79 Å².